The zero-order valence-electron chi connectivity index (χ0n) is 13.3. The van der Waals surface area contributed by atoms with E-state index >= 15 is 0 Å². The molecule has 0 spiro atoms. The maximum absolute atomic E-state index is 12.3. The summed E-state index contributed by atoms with van der Waals surface area (Å²) in [6, 6.07) is 0. The van der Waals surface area contributed by atoms with Crippen molar-refractivity contribution >= 4 is 5.78 Å². The van der Waals surface area contributed by atoms with Gasteiger partial charge in [-0.15, -0.1) is 13.2 Å². The van der Waals surface area contributed by atoms with Gasteiger partial charge in [-0.25, -0.2) is 0 Å². The molecule has 1 nitrogen and oxygen atoms in total. The second-order valence-corrected chi connectivity index (χ2v) is 6.22. The summed E-state index contributed by atoms with van der Waals surface area (Å²) in [6.45, 7) is 18.1. The summed E-state index contributed by atoms with van der Waals surface area (Å²) in [5, 5.41) is 0. The van der Waals surface area contributed by atoms with Crippen LogP contribution in [0.15, 0.2) is 48.6 Å². The number of allylic oxidation sites excluding steroid dienone is 5. The average Bonchev–Trinajstić information content (AvgIpc) is 2.38. The predicted octanol–water partition coefficient (Wildman–Crippen LogP) is 5.41. The number of carbonyl (C=O) groups excluding carboxylic acids is 1. The molecule has 0 aromatic rings. The average molecular weight is 272 g/mol. The second-order valence-electron chi connectivity index (χ2n) is 6.22. The van der Waals surface area contributed by atoms with Crippen LogP contribution in [0.1, 0.15) is 52.9 Å². The van der Waals surface area contributed by atoms with Crippen LogP contribution in [0.5, 0.6) is 0 Å². The van der Waals surface area contributed by atoms with Gasteiger partial charge < -0.3 is 0 Å². The molecule has 0 heterocycles. The molecule has 0 radical (unpaired) electrons. The van der Waals surface area contributed by atoms with Crippen molar-refractivity contribution in [2.45, 2.75) is 52.9 Å². The summed E-state index contributed by atoms with van der Waals surface area (Å²) < 4.78 is 0. The quantitative estimate of drug-likeness (QED) is 0.447. The van der Waals surface area contributed by atoms with Crippen LogP contribution < -0.4 is 0 Å². The van der Waals surface area contributed by atoms with E-state index in [1.165, 1.54) is 5.57 Å². The fourth-order valence-electron chi connectivity index (χ4n) is 3.55. The van der Waals surface area contributed by atoms with Crippen LogP contribution in [0.2, 0.25) is 0 Å². The Morgan fingerprint density at radius 1 is 1.40 bits per heavy atom. The van der Waals surface area contributed by atoms with Crippen LogP contribution in [0.3, 0.4) is 0 Å². The summed E-state index contributed by atoms with van der Waals surface area (Å²) in [4.78, 5) is 12.3. The summed E-state index contributed by atoms with van der Waals surface area (Å²) in [5.74, 6) is 0.517. The topological polar surface area (TPSA) is 17.1 Å². The number of carbonyl (C=O) groups is 1. The smallest absolute Gasteiger partial charge is 0.159 e. The van der Waals surface area contributed by atoms with E-state index in [1.807, 2.05) is 26.0 Å². The molecule has 2 atom stereocenters. The van der Waals surface area contributed by atoms with Crippen molar-refractivity contribution in [1.82, 2.24) is 0 Å². The third-order valence-electron chi connectivity index (χ3n) is 4.72. The van der Waals surface area contributed by atoms with E-state index in [-0.39, 0.29) is 17.1 Å². The lowest BCUT2D eigenvalue weighted by Gasteiger charge is -2.44. The third kappa shape index (κ3) is 3.20. The molecule has 20 heavy (non-hydrogen) atoms. The minimum Gasteiger partial charge on any atom is -0.295 e. The summed E-state index contributed by atoms with van der Waals surface area (Å²) in [7, 11) is 0. The maximum atomic E-state index is 12.3. The van der Waals surface area contributed by atoms with Crippen LogP contribution >= 0.6 is 0 Å². The predicted molar refractivity (Wildman–Crippen MR) is 87.6 cm³/mol. The Labute approximate surface area is 124 Å². The van der Waals surface area contributed by atoms with Crippen LogP contribution in [0.25, 0.3) is 0 Å². The number of Topliss-reactive ketones (excluding diaryl/α,β-unsaturated/α-hetero) is 1. The molecule has 0 aromatic heterocycles. The fourth-order valence-corrected chi connectivity index (χ4v) is 3.55. The third-order valence-corrected chi connectivity index (χ3v) is 4.72. The van der Waals surface area contributed by atoms with Gasteiger partial charge in [-0.05, 0) is 56.4 Å². The normalized spacial score (nSPS) is 26.6. The Hall–Kier alpha value is -1.37. The number of ketones is 1. The molecule has 0 aliphatic heterocycles. The minimum atomic E-state index is -0.00720. The summed E-state index contributed by atoms with van der Waals surface area (Å²) >= 11 is 0. The molecule has 0 fully saturated rings. The Morgan fingerprint density at radius 2 is 2.05 bits per heavy atom. The highest BCUT2D eigenvalue weighted by atomic mass is 16.1. The fraction of sp³-hybridized carbons (Fsp3) is 0.526. The van der Waals surface area contributed by atoms with E-state index in [0.29, 0.717) is 6.42 Å². The van der Waals surface area contributed by atoms with Gasteiger partial charge in [0.15, 0.2) is 5.78 Å². The first-order valence-electron chi connectivity index (χ1n) is 7.49. The first kappa shape index (κ1) is 16.7. The molecule has 0 amide bonds. The Bertz CT molecular complexity index is 452. The van der Waals surface area contributed by atoms with Crippen LogP contribution in [-0.2, 0) is 4.79 Å². The van der Waals surface area contributed by atoms with Crippen molar-refractivity contribution < 1.29 is 4.79 Å². The molecular formula is C19H28O. The lowest BCUT2D eigenvalue weighted by Crippen LogP contribution is -2.37. The minimum absolute atomic E-state index is 0.00720. The van der Waals surface area contributed by atoms with Crippen molar-refractivity contribution in [2.24, 2.45) is 11.3 Å². The molecule has 0 aromatic carbocycles. The highest BCUT2D eigenvalue weighted by Gasteiger charge is 2.42. The van der Waals surface area contributed by atoms with Gasteiger partial charge >= 0.3 is 0 Å². The zero-order valence-corrected chi connectivity index (χ0v) is 13.3. The largest absolute Gasteiger partial charge is 0.295 e. The van der Waals surface area contributed by atoms with Gasteiger partial charge in [-0.3, -0.25) is 4.79 Å². The number of unbranched alkanes of at least 4 members (excludes halogenated alkanes) is 1. The molecule has 0 bridgehead atoms. The molecule has 0 unspecified atom stereocenters. The molecule has 1 aliphatic carbocycles. The standard InChI is InChI=1S/C19H28O/c1-7-9-10-11-16-15(5)18(20)13-17(14(3)4)19(16,6)12-8-2/h7-8,17H,1-3,9-13H2,4-6H3/t17-,19+/m0/s1. The number of hydrogen-bond acceptors (Lipinski definition) is 1. The monoisotopic (exact) mass is 272 g/mol. The van der Waals surface area contributed by atoms with E-state index in [0.717, 1.165) is 36.8 Å². The first-order chi connectivity index (χ1) is 9.38. The van der Waals surface area contributed by atoms with Gasteiger partial charge in [-0.1, -0.05) is 36.8 Å². The number of hydrogen-bond donors (Lipinski definition) is 0. The lowest BCUT2D eigenvalue weighted by molar-refractivity contribution is -0.117. The van der Waals surface area contributed by atoms with Gasteiger partial charge in [0.25, 0.3) is 0 Å². The zero-order chi connectivity index (χ0) is 15.3. The van der Waals surface area contributed by atoms with Crippen molar-refractivity contribution in [3.63, 3.8) is 0 Å². The SMILES string of the molecule is C=CCCCC1=C(C)C(=O)C[C@@H](C(=C)C)[C@]1(C)CC=C. The Morgan fingerprint density at radius 3 is 2.55 bits per heavy atom. The number of rotatable bonds is 7. The molecule has 0 saturated carbocycles. The summed E-state index contributed by atoms with van der Waals surface area (Å²) in [6.07, 6.45) is 8.44. The molecule has 1 heteroatoms. The first-order valence-corrected chi connectivity index (χ1v) is 7.49. The van der Waals surface area contributed by atoms with Crippen molar-refractivity contribution in [3.05, 3.63) is 48.6 Å². The van der Waals surface area contributed by atoms with Crippen LogP contribution in [-0.4, -0.2) is 5.78 Å². The molecule has 1 rings (SSSR count). The van der Waals surface area contributed by atoms with E-state index < -0.39 is 0 Å². The Balaban J connectivity index is 3.23. The summed E-state index contributed by atoms with van der Waals surface area (Å²) in [5.41, 5.74) is 3.38. The lowest BCUT2D eigenvalue weighted by atomic mass is 9.59. The van der Waals surface area contributed by atoms with E-state index in [4.69, 9.17) is 0 Å². The maximum Gasteiger partial charge on any atom is 0.159 e. The van der Waals surface area contributed by atoms with Gasteiger partial charge in [0, 0.05) is 6.42 Å². The van der Waals surface area contributed by atoms with Gasteiger partial charge in [0.1, 0.15) is 0 Å². The van der Waals surface area contributed by atoms with Crippen molar-refractivity contribution in [3.8, 4) is 0 Å². The van der Waals surface area contributed by atoms with Crippen LogP contribution in [0, 0.1) is 11.3 Å². The highest BCUT2D eigenvalue weighted by molar-refractivity contribution is 5.97. The van der Waals surface area contributed by atoms with E-state index in [9.17, 15) is 4.79 Å². The molecule has 110 valence electrons. The van der Waals surface area contributed by atoms with E-state index in [2.05, 4.69) is 26.7 Å². The molecule has 1 aliphatic rings. The molecular weight excluding hydrogens is 244 g/mol. The Kier molecular flexibility index (Phi) is 5.74. The van der Waals surface area contributed by atoms with Gasteiger partial charge in [0.2, 0.25) is 0 Å². The van der Waals surface area contributed by atoms with Gasteiger partial charge in [-0.2, -0.15) is 0 Å². The van der Waals surface area contributed by atoms with Crippen LogP contribution in [0.4, 0.5) is 0 Å². The van der Waals surface area contributed by atoms with E-state index in [1.54, 1.807) is 0 Å². The second kappa shape index (κ2) is 6.88. The van der Waals surface area contributed by atoms with Crippen molar-refractivity contribution in [2.75, 3.05) is 0 Å². The highest BCUT2D eigenvalue weighted by Crippen LogP contribution is 2.50. The van der Waals surface area contributed by atoms with Crippen molar-refractivity contribution in [1.29, 1.82) is 0 Å². The molecule has 0 saturated heterocycles. The van der Waals surface area contributed by atoms with Gasteiger partial charge in [0.05, 0.1) is 0 Å². The molecule has 0 N–H and O–H groups in total.